The predicted molar refractivity (Wildman–Crippen MR) is 105 cm³/mol. The third kappa shape index (κ3) is 4.30. The number of methoxy groups -OCH3 is 1. The fourth-order valence-corrected chi connectivity index (χ4v) is 5.22. The van der Waals surface area contributed by atoms with Crippen LogP contribution in [0.15, 0.2) is 24.3 Å². The second-order valence-electron chi connectivity index (χ2n) is 8.58. The van der Waals surface area contributed by atoms with Crippen LogP contribution in [0, 0.1) is 5.92 Å². The molecule has 0 aliphatic carbocycles. The van der Waals surface area contributed by atoms with Crippen LogP contribution in [0.5, 0.6) is 5.75 Å². The molecule has 27 heavy (non-hydrogen) atoms. The van der Waals surface area contributed by atoms with E-state index in [-0.39, 0.29) is 11.3 Å². The molecule has 2 bridgehead atoms. The third-order valence-corrected chi connectivity index (χ3v) is 6.82. The van der Waals surface area contributed by atoms with E-state index in [4.69, 9.17) is 9.47 Å². The summed E-state index contributed by atoms with van der Waals surface area (Å²) in [6.07, 6.45) is 7.42. The van der Waals surface area contributed by atoms with Gasteiger partial charge in [0.2, 0.25) is 5.91 Å². The molecule has 3 fully saturated rings. The average molecular weight is 373 g/mol. The number of carbonyl (C=O) groups is 1. The smallest absolute Gasteiger partial charge is 0.220 e. The van der Waals surface area contributed by atoms with Gasteiger partial charge in [0.25, 0.3) is 0 Å². The summed E-state index contributed by atoms with van der Waals surface area (Å²) >= 11 is 0. The van der Waals surface area contributed by atoms with Crippen molar-refractivity contribution < 1.29 is 14.3 Å². The topological polar surface area (TPSA) is 59.6 Å². The van der Waals surface area contributed by atoms with Gasteiger partial charge in [-0.3, -0.25) is 4.79 Å². The van der Waals surface area contributed by atoms with Crippen molar-refractivity contribution in [3.05, 3.63) is 29.8 Å². The highest BCUT2D eigenvalue weighted by molar-refractivity contribution is 5.76. The summed E-state index contributed by atoms with van der Waals surface area (Å²) < 4.78 is 10.9. The molecule has 0 radical (unpaired) electrons. The maximum Gasteiger partial charge on any atom is 0.220 e. The van der Waals surface area contributed by atoms with Gasteiger partial charge in [-0.2, -0.15) is 0 Å². The molecule has 2 unspecified atom stereocenters. The van der Waals surface area contributed by atoms with E-state index < -0.39 is 0 Å². The van der Waals surface area contributed by atoms with Crippen LogP contribution < -0.4 is 15.4 Å². The molecule has 1 aromatic carbocycles. The highest BCUT2D eigenvalue weighted by Gasteiger charge is 2.36. The van der Waals surface area contributed by atoms with E-state index in [1.165, 1.54) is 18.4 Å². The SMILES string of the molecule is COc1ccc(C2(CNC(=O)CC3CC4CCC(C3)N4)CCOCC2)cc1. The standard InChI is InChI=1S/C22H32N2O3/c1-26-20-6-2-17(3-7-20)22(8-10-27-11-9-22)15-23-21(25)14-16-12-18-4-5-19(13-16)24-18/h2-3,6-7,16,18-19,24H,4-5,8-15H2,1H3,(H,23,25). The lowest BCUT2D eigenvalue weighted by molar-refractivity contribution is -0.122. The highest BCUT2D eigenvalue weighted by Crippen LogP contribution is 2.36. The lowest BCUT2D eigenvalue weighted by Crippen LogP contribution is -2.45. The van der Waals surface area contributed by atoms with Gasteiger partial charge in [-0.15, -0.1) is 0 Å². The first-order valence-corrected chi connectivity index (χ1v) is 10.4. The molecule has 2 atom stereocenters. The maximum atomic E-state index is 12.7. The molecule has 4 rings (SSSR count). The normalized spacial score (nSPS) is 29.3. The minimum Gasteiger partial charge on any atom is -0.497 e. The summed E-state index contributed by atoms with van der Waals surface area (Å²) in [6, 6.07) is 9.59. The molecule has 148 valence electrons. The van der Waals surface area contributed by atoms with E-state index >= 15 is 0 Å². The zero-order chi connectivity index (χ0) is 18.7. The summed E-state index contributed by atoms with van der Waals surface area (Å²) in [6.45, 7) is 2.19. The number of rotatable bonds is 6. The van der Waals surface area contributed by atoms with Crippen LogP contribution in [0.2, 0.25) is 0 Å². The summed E-state index contributed by atoms with van der Waals surface area (Å²) in [5.41, 5.74) is 1.24. The minimum atomic E-state index is -0.0344. The Morgan fingerprint density at radius 3 is 2.48 bits per heavy atom. The molecule has 2 N–H and O–H groups in total. The van der Waals surface area contributed by atoms with Crippen LogP contribution >= 0.6 is 0 Å². The van der Waals surface area contributed by atoms with E-state index in [2.05, 4.69) is 22.8 Å². The molecular formula is C22H32N2O3. The number of benzene rings is 1. The first kappa shape index (κ1) is 18.8. The molecule has 0 spiro atoms. The number of carbonyl (C=O) groups excluding carboxylic acids is 1. The Morgan fingerprint density at radius 2 is 1.85 bits per heavy atom. The molecule has 5 nitrogen and oxygen atoms in total. The van der Waals surface area contributed by atoms with Crippen molar-refractivity contribution in [1.29, 1.82) is 0 Å². The summed E-state index contributed by atoms with van der Waals surface area (Å²) in [5.74, 6) is 1.61. The predicted octanol–water partition coefficient (Wildman–Crippen LogP) is 2.78. The van der Waals surface area contributed by atoms with Crippen LogP contribution in [0.25, 0.3) is 0 Å². The zero-order valence-electron chi connectivity index (χ0n) is 16.3. The minimum absolute atomic E-state index is 0.0344. The van der Waals surface area contributed by atoms with E-state index in [1.54, 1.807) is 7.11 Å². The summed E-state index contributed by atoms with van der Waals surface area (Å²) in [4.78, 5) is 12.7. The molecule has 0 aromatic heterocycles. The Kier molecular flexibility index (Phi) is 5.69. The van der Waals surface area contributed by atoms with Gasteiger partial charge in [-0.1, -0.05) is 12.1 Å². The number of hydrogen-bond acceptors (Lipinski definition) is 4. The molecule has 5 heteroatoms. The molecule has 0 saturated carbocycles. The van der Waals surface area contributed by atoms with Gasteiger partial charge in [-0.05, 0) is 62.1 Å². The van der Waals surface area contributed by atoms with Gasteiger partial charge in [0.15, 0.2) is 0 Å². The van der Waals surface area contributed by atoms with E-state index in [1.807, 2.05) is 12.1 Å². The van der Waals surface area contributed by atoms with Crippen molar-refractivity contribution in [3.63, 3.8) is 0 Å². The lowest BCUT2D eigenvalue weighted by atomic mass is 9.74. The van der Waals surface area contributed by atoms with Gasteiger partial charge in [0, 0.05) is 43.7 Å². The van der Waals surface area contributed by atoms with E-state index in [0.29, 0.717) is 31.0 Å². The molecule has 3 saturated heterocycles. The Hall–Kier alpha value is -1.59. The van der Waals surface area contributed by atoms with Gasteiger partial charge >= 0.3 is 0 Å². The van der Waals surface area contributed by atoms with Gasteiger partial charge < -0.3 is 20.1 Å². The molecule has 3 heterocycles. The van der Waals surface area contributed by atoms with Crippen LogP contribution in [-0.4, -0.2) is 44.9 Å². The Balaban J connectivity index is 1.37. The maximum absolute atomic E-state index is 12.7. The van der Waals surface area contributed by atoms with Gasteiger partial charge in [-0.25, -0.2) is 0 Å². The van der Waals surface area contributed by atoms with Crippen LogP contribution in [0.1, 0.15) is 50.5 Å². The summed E-state index contributed by atoms with van der Waals surface area (Å²) in [7, 11) is 1.69. The second-order valence-corrected chi connectivity index (χ2v) is 8.58. The number of fused-ring (bicyclic) bond motifs is 2. The summed E-state index contributed by atoms with van der Waals surface area (Å²) in [5, 5.41) is 6.93. The van der Waals surface area contributed by atoms with Gasteiger partial charge in [0.1, 0.15) is 5.75 Å². The molecule has 1 aromatic rings. The zero-order valence-corrected chi connectivity index (χ0v) is 16.3. The quantitative estimate of drug-likeness (QED) is 0.806. The van der Waals surface area contributed by atoms with Crippen molar-refractivity contribution in [1.82, 2.24) is 10.6 Å². The highest BCUT2D eigenvalue weighted by atomic mass is 16.5. The monoisotopic (exact) mass is 372 g/mol. The van der Waals surface area contributed by atoms with Crippen molar-refractivity contribution in [3.8, 4) is 5.75 Å². The number of nitrogens with one attached hydrogen (secondary N) is 2. The van der Waals surface area contributed by atoms with E-state index in [9.17, 15) is 4.79 Å². The molecular weight excluding hydrogens is 340 g/mol. The van der Waals surface area contributed by atoms with Crippen molar-refractivity contribution in [2.45, 2.75) is 62.4 Å². The van der Waals surface area contributed by atoms with Crippen LogP contribution in [0.3, 0.4) is 0 Å². The Morgan fingerprint density at radius 1 is 1.19 bits per heavy atom. The number of amides is 1. The molecule has 1 amide bonds. The number of piperidine rings is 1. The van der Waals surface area contributed by atoms with Crippen molar-refractivity contribution >= 4 is 5.91 Å². The Bertz CT molecular complexity index is 627. The van der Waals surface area contributed by atoms with Crippen molar-refractivity contribution in [2.75, 3.05) is 26.9 Å². The van der Waals surface area contributed by atoms with E-state index in [0.717, 1.165) is 44.6 Å². The lowest BCUT2D eigenvalue weighted by Gasteiger charge is -2.38. The van der Waals surface area contributed by atoms with Gasteiger partial charge in [0.05, 0.1) is 7.11 Å². The average Bonchev–Trinajstić information content (AvgIpc) is 3.05. The fourth-order valence-electron chi connectivity index (χ4n) is 5.22. The molecule has 3 aliphatic heterocycles. The van der Waals surface area contributed by atoms with Crippen LogP contribution in [0.4, 0.5) is 0 Å². The van der Waals surface area contributed by atoms with Crippen LogP contribution in [-0.2, 0) is 14.9 Å². The number of ether oxygens (including phenoxy) is 2. The largest absolute Gasteiger partial charge is 0.497 e. The molecule has 3 aliphatic rings. The second kappa shape index (κ2) is 8.19. The fraction of sp³-hybridized carbons (Fsp3) is 0.682. The number of hydrogen-bond donors (Lipinski definition) is 2. The third-order valence-electron chi connectivity index (χ3n) is 6.82. The first-order valence-electron chi connectivity index (χ1n) is 10.4. The Labute approximate surface area is 162 Å². The van der Waals surface area contributed by atoms with Crippen molar-refractivity contribution in [2.24, 2.45) is 5.92 Å². The first-order chi connectivity index (χ1) is 13.2.